The number of nitrogens with one attached hydrogen (secondary N) is 2. The molecule has 1 aromatic heterocycles. The second kappa shape index (κ2) is 8.04. The van der Waals surface area contributed by atoms with Crippen LogP contribution in [0.2, 0.25) is 0 Å². The van der Waals surface area contributed by atoms with Crippen LogP contribution in [0.3, 0.4) is 0 Å². The number of nitrogens with zero attached hydrogens (tertiary/aromatic N) is 2. The molecule has 0 spiro atoms. The van der Waals surface area contributed by atoms with Gasteiger partial charge >= 0.3 is 0 Å². The van der Waals surface area contributed by atoms with Gasteiger partial charge in [-0.3, -0.25) is 4.79 Å². The molecule has 25 heavy (non-hydrogen) atoms. The van der Waals surface area contributed by atoms with Gasteiger partial charge in [0.15, 0.2) is 4.34 Å². The maximum atomic E-state index is 13.6. The molecule has 1 amide bonds. The normalized spacial score (nSPS) is 10.5. The molecule has 0 aliphatic rings. The number of para-hydroxylation sites is 1. The van der Waals surface area contributed by atoms with Crippen molar-refractivity contribution in [3.63, 3.8) is 0 Å². The van der Waals surface area contributed by atoms with E-state index in [-0.39, 0.29) is 17.5 Å². The Balaban J connectivity index is 1.53. The minimum absolute atomic E-state index is 0.102. The number of hydrogen-bond donors (Lipinski definition) is 2. The minimum Gasteiger partial charge on any atom is -0.328 e. The number of thioether (sulfide) groups is 1. The Kier molecular flexibility index (Phi) is 5.56. The van der Waals surface area contributed by atoms with E-state index in [1.54, 1.807) is 24.3 Å². The third-order valence-corrected chi connectivity index (χ3v) is 4.93. The number of hydrogen-bond acceptors (Lipinski definition) is 6. The van der Waals surface area contributed by atoms with E-state index in [9.17, 15) is 13.6 Å². The maximum Gasteiger partial charge on any atom is 0.234 e. The maximum absolute atomic E-state index is 13.6. The number of halogens is 2. The molecule has 0 atom stereocenters. The number of amides is 1. The molecule has 0 unspecified atom stereocenters. The smallest absolute Gasteiger partial charge is 0.234 e. The molecule has 1 heterocycles. The fraction of sp³-hybridized carbons (Fsp3) is 0.0625. The molecule has 9 heteroatoms. The zero-order valence-corrected chi connectivity index (χ0v) is 14.3. The summed E-state index contributed by atoms with van der Waals surface area (Å²) in [6.07, 6.45) is 0. The lowest BCUT2D eigenvalue weighted by atomic mass is 10.3. The molecule has 0 saturated heterocycles. The van der Waals surface area contributed by atoms with Crippen LogP contribution in [0.25, 0.3) is 0 Å². The van der Waals surface area contributed by atoms with Crippen LogP contribution in [0.5, 0.6) is 0 Å². The van der Waals surface area contributed by atoms with Crippen LogP contribution < -0.4 is 10.6 Å². The van der Waals surface area contributed by atoms with Gasteiger partial charge in [-0.15, -0.1) is 10.2 Å². The van der Waals surface area contributed by atoms with E-state index in [0.29, 0.717) is 20.8 Å². The first-order chi connectivity index (χ1) is 12.1. The molecule has 0 aliphatic carbocycles. The molecular weight excluding hydrogens is 366 g/mol. The average Bonchev–Trinajstić information content (AvgIpc) is 3.03. The quantitative estimate of drug-likeness (QED) is 0.627. The Hall–Kier alpha value is -2.52. The van der Waals surface area contributed by atoms with Crippen molar-refractivity contribution in [2.45, 2.75) is 4.34 Å². The highest BCUT2D eigenvalue weighted by atomic mass is 32.2. The molecule has 2 aromatic carbocycles. The van der Waals surface area contributed by atoms with E-state index in [1.165, 1.54) is 47.4 Å². The van der Waals surface area contributed by atoms with Crippen molar-refractivity contribution >= 4 is 45.5 Å². The molecule has 0 saturated carbocycles. The summed E-state index contributed by atoms with van der Waals surface area (Å²) in [6, 6.07) is 11.9. The van der Waals surface area contributed by atoms with Crippen LogP contribution in [-0.4, -0.2) is 21.9 Å². The van der Waals surface area contributed by atoms with Crippen molar-refractivity contribution < 1.29 is 13.6 Å². The summed E-state index contributed by atoms with van der Waals surface area (Å²) in [6.45, 7) is 0. The van der Waals surface area contributed by atoms with Crippen molar-refractivity contribution in [2.75, 3.05) is 16.4 Å². The van der Waals surface area contributed by atoms with E-state index in [2.05, 4.69) is 20.8 Å². The molecule has 128 valence electrons. The molecule has 2 N–H and O–H groups in total. The van der Waals surface area contributed by atoms with E-state index in [1.807, 2.05) is 0 Å². The highest BCUT2D eigenvalue weighted by molar-refractivity contribution is 8.01. The summed E-state index contributed by atoms with van der Waals surface area (Å²) in [4.78, 5) is 11.9. The summed E-state index contributed by atoms with van der Waals surface area (Å²) in [5.41, 5.74) is 0.698. The first kappa shape index (κ1) is 17.3. The second-order valence-electron chi connectivity index (χ2n) is 4.83. The fourth-order valence-corrected chi connectivity index (χ4v) is 3.45. The number of carbonyl (C=O) groups excluding carboxylic acids is 1. The van der Waals surface area contributed by atoms with Gasteiger partial charge in [0.1, 0.15) is 11.6 Å². The Morgan fingerprint density at radius 1 is 1.12 bits per heavy atom. The third kappa shape index (κ3) is 4.97. The molecule has 0 radical (unpaired) electrons. The van der Waals surface area contributed by atoms with Gasteiger partial charge in [0, 0.05) is 5.69 Å². The van der Waals surface area contributed by atoms with Crippen molar-refractivity contribution in [1.82, 2.24) is 10.2 Å². The summed E-state index contributed by atoms with van der Waals surface area (Å²) in [7, 11) is 0. The summed E-state index contributed by atoms with van der Waals surface area (Å²) >= 11 is 2.40. The number of benzene rings is 2. The first-order valence-electron chi connectivity index (χ1n) is 7.13. The predicted molar refractivity (Wildman–Crippen MR) is 95.3 cm³/mol. The van der Waals surface area contributed by atoms with E-state index >= 15 is 0 Å². The van der Waals surface area contributed by atoms with Crippen molar-refractivity contribution in [3.05, 3.63) is 60.2 Å². The highest BCUT2D eigenvalue weighted by Crippen LogP contribution is 2.28. The molecule has 0 bridgehead atoms. The third-order valence-electron chi connectivity index (χ3n) is 2.96. The van der Waals surface area contributed by atoms with Crippen molar-refractivity contribution in [3.8, 4) is 0 Å². The van der Waals surface area contributed by atoms with Gasteiger partial charge in [0.2, 0.25) is 11.0 Å². The standard InChI is InChI=1S/C16H12F2N4OS2/c17-10-4-3-5-11(8-10)19-14(23)9-24-16-22-21-15(25-16)20-13-7-2-1-6-12(13)18/h1-8H,9H2,(H,19,23)(H,20,21). The monoisotopic (exact) mass is 378 g/mol. The van der Waals surface area contributed by atoms with Gasteiger partial charge in [-0.25, -0.2) is 8.78 Å². The minimum atomic E-state index is -0.418. The summed E-state index contributed by atoms with van der Waals surface area (Å²) < 4.78 is 27.2. The zero-order chi connectivity index (χ0) is 17.6. The van der Waals surface area contributed by atoms with Crippen LogP contribution >= 0.6 is 23.1 Å². The van der Waals surface area contributed by atoms with Gasteiger partial charge in [0.25, 0.3) is 0 Å². The lowest BCUT2D eigenvalue weighted by Crippen LogP contribution is -2.13. The first-order valence-corrected chi connectivity index (χ1v) is 8.93. The largest absolute Gasteiger partial charge is 0.328 e. The number of carbonyl (C=O) groups is 1. The molecule has 0 aliphatic heterocycles. The van der Waals surface area contributed by atoms with Crippen LogP contribution in [0.1, 0.15) is 0 Å². The Morgan fingerprint density at radius 2 is 1.96 bits per heavy atom. The van der Waals surface area contributed by atoms with Crippen LogP contribution in [0.4, 0.5) is 25.3 Å². The molecule has 3 aromatic rings. The van der Waals surface area contributed by atoms with Gasteiger partial charge in [-0.2, -0.15) is 0 Å². The Labute approximate surface area is 150 Å². The lowest BCUT2D eigenvalue weighted by Gasteiger charge is -2.03. The summed E-state index contributed by atoms with van der Waals surface area (Å²) in [5.74, 6) is -0.987. The van der Waals surface area contributed by atoms with E-state index in [4.69, 9.17) is 0 Å². The highest BCUT2D eigenvalue weighted by Gasteiger charge is 2.10. The SMILES string of the molecule is O=C(CSc1nnc(Nc2ccccc2F)s1)Nc1cccc(F)c1. The van der Waals surface area contributed by atoms with Gasteiger partial charge < -0.3 is 10.6 Å². The average molecular weight is 378 g/mol. The van der Waals surface area contributed by atoms with Gasteiger partial charge in [-0.05, 0) is 30.3 Å². The van der Waals surface area contributed by atoms with Crippen LogP contribution in [0, 0.1) is 11.6 Å². The number of anilines is 3. The number of rotatable bonds is 6. The zero-order valence-electron chi connectivity index (χ0n) is 12.7. The van der Waals surface area contributed by atoms with Crippen molar-refractivity contribution in [1.29, 1.82) is 0 Å². The molecular formula is C16H12F2N4OS2. The number of aromatic nitrogens is 2. The molecule has 5 nitrogen and oxygen atoms in total. The lowest BCUT2D eigenvalue weighted by molar-refractivity contribution is -0.113. The molecule has 0 fully saturated rings. The second-order valence-corrected chi connectivity index (χ2v) is 7.03. The van der Waals surface area contributed by atoms with Gasteiger partial charge in [0.05, 0.1) is 11.4 Å². The summed E-state index contributed by atoms with van der Waals surface area (Å²) in [5, 5.41) is 13.7. The van der Waals surface area contributed by atoms with Crippen molar-refractivity contribution in [2.24, 2.45) is 0 Å². The van der Waals surface area contributed by atoms with Crippen LogP contribution in [0.15, 0.2) is 52.9 Å². The topological polar surface area (TPSA) is 66.9 Å². The molecule has 3 rings (SSSR count). The Bertz CT molecular complexity index is 888. The van der Waals surface area contributed by atoms with E-state index in [0.717, 1.165) is 0 Å². The Morgan fingerprint density at radius 3 is 2.76 bits per heavy atom. The fourth-order valence-electron chi connectivity index (χ4n) is 1.89. The predicted octanol–water partition coefficient (Wildman–Crippen LogP) is 4.29. The van der Waals surface area contributed by atoms with Crippen LogP contribution in [-0.2, 0) is 4.79 Å². The van der Waals surface area contributed by atoms with E-state index < -0.39 is 5.82 Å². The van der Waals surface area contributed by atoms with Gasteiger partial charge in [-0.1, -0.05) is 41.3 Å².